The van der Waals surface area contributed by atoms with E-state index >= 15 is 0 Å². The van der Waals surface area contributed by atoms with E-state index in [1.165, 1.54) is 6.07 Å². The van der Waals surface area contributed by atoms with Crippen LogP contribution >= 0.6 is 24.0 Å². The van der Waals surface area contributed by atoms with Gasteiger partial charge in [-0.3, -0.25) is 0 Å². The fourth-order valence-corrected chi connectivity index (χ4v) is 3.42. The second kappa shape index (κ2) is 10.7. The molecule has 29 heavy (non-hydrogen) atoms. The molecular weight excluding hydrogens is 484 g/mol. The second-order valence-electron chi connectivity index (χ2n) is 6.96. The fraction of sp³-hybridized carbons (Fsp3) is 0.409. The first kappa shape index (κ1) is 23.3. The molecule has 158 valence electrons. The predicted octanol–water partition coefficient (Wildman–Crippen LogP) is 4.25. The van der Waals surface area contributed by atoms with E-state index in [0.717, 1.165) is 30.5 Å². The molecule has 0 bridgehead atoms. The number of aliphatic imine (C=N–C) groups is 1. The van der Waals surface area contributed by atoms with Gasteiger partial charge in [0.2, 0.25) is 0 Å². The van der Waals surface area contributed by atoms with Crippen LogP contribution in [0.25, 0.3) is 0 Å². The molecule has 3 rings (SSSR count). The lowest BCUT2D eigenvalue weighted by molar-refractivity contribution is 0.352. The number of para-hydroxylation sites is 1. The van der Waals surface area contributed by atoms with Crippen molar-refractivity contribution in [2.24, 2.45) is 4.99 Å². The Kier molecular flexibility index (Phi) is 8.55. The summed E-state index contributed by atoms with van der Waals surface area (Å²) in [6.45, 7) is 3.86. The highest BCUT2D eigenvalue weighted by Crippen LogP contribution is 2.48. The number of guanidine groups is 1. The number of hydrogen-bond acceptors (Lipinski definition) is 3. The van der Waals surface area contributed by atoms with Crippen LogP contribution in [-0.2, 0) is 12.0 Å². The number of nitrogens with one attached hydrogen (secondary N) is 2. The van der Waals surface area contributed by atoms with Gasteiger partial charge in [-0.25, -0.2) is 9.38 Å². The molecule has 0 saturated heterocycles. The van der Waals surface area contributed by atoms with E-state index in [1.807, 2.05) is 37.3 Å². The van der Waals surface area contributed by atoms with Gasteiger partial charge >= 0.3 is 0 Å². The Hall–Kier alpha value is -2.03. The van der Waals surface area contributed by atoms with Gasteiger partial charge in [0, 0.05) is 24.1 Å². The van der Waals surface area contributed by atoms with Gasteiger partial charge in [-0.15, -0.1) is 24.0 Å². The third-order valence-electron chi connectivity index (χ3n) is 5.13. The maximum atomic E-state index is 14.2. The fourth-order valence-electron chi connectivity index (χ4n) is 3.42. The van der Waals surface area contributed by atoms with Crippen LogP contribution in [0.3, 0.4) is 0 Å². The molecule has 0 spiro atoms. The molecule has 2 N–H and O–H groups in total. The molecule has 1 fully saturated rings. The van der Waals surface area contributed by atoms with E-state index in [4.69, 9.17) is 9.47 Å². The molecule has 0 heterocycles. The highest BCUT2D eigenvalue weighted by atomic mass is 127. The quantitative estimate of drug-likeness (QED) is 0.315. The molecule has 0 aromatic heterocycles. The molecular formula is C22H29FIN3O2. The van der Waals surface area contributed by atoms with Gasteiger partial charge in [0.15, 0.2) is 17.5 Å². The molecule has 7 heteroatoms. The molecule has 0 unspecified atom stereocenters. The lowest BCUT2D eigenvalue weighted by atomic mass is 9.95. The van der Waals surface area contributed by atoms with Gasteiger partial charge in [0.1, 0.15) is 5.82 Å². The van der Waals surface area contributed by atoms with E-state index < -0.39 is 0 Å². The number of benzene rings is 2. The van der Waals surface area contributed by atoms with Gasteiger partial charge < -0.3 is 20.1 Å². The summed E-state index contributed by atoms with van der Waals surface area (Å²) < 4.78 is 25.1. The van der Waals surface area contributed by atoms with Gasteiger partial charge in [0.25, 0.3) is 0 Å². The highest BCUT2D eigenvalue weighted by molar-refractivity contribution is 14.0. The van der Waals surface area contributed by atoms with Crippen LogP contribution in [0, 0.1) is 5.82 Å². The Labute approximate surface area is 189 Å². The monoisotopic (exact) mass is 513 g/mol. The number of methoxy groups -OCH3 is 2. The molecule has 2 aromatic rings. The average molecular weight is 513 g/mol. The topological polar surface area (TPSA) is 54.9 Å². The number of ether oxygens (including phenoxy) is 2. The first-order chi connectivity index (χ1) is 13.6. The largest absolute Gasteiger partial charge is 0.493 e. The van der Waals surface area contributed by atoms with Gasteiger partial charge in [-0.1, -0.05) is 30.3 Å². The molecule has 2 aromatic carbocycles. The van der Waals surface area contributed by atoms with Crippen molar-refractivity contribution in [3.63, 3.8) is 0 Å². The molecule has 1 saturated carbocycles. The van der Waals surface area contributed by atoms with E-state index in [9.17, 15) is 4.39 Å². The zero-order valence-corrected chi connectivity index (χ0v) is 19.5. The zero-order valence-electron chi connectivity index (χ0n) is 17.1. The van der Waals surface area contributed by atoms with Crippen molar-refractivity contribution in [3.05, 3.63) is 59.4 Å². The summed E-state index contributed by atoms with van der Waals surface area (Å²) in [6.07, 6.45) is 1.95. The van der Waals surface area contributed by atoms with Crippen LogP contribution in [0.2, 0.25) is 0 Å². The Balaban J connectivity index is 0.00000300. The van der Waals surface area contributed by atoms with Crippen LogP contribution in [0.1, 0.15) is 30.9 Å². The lowest BCUT2D eigenvalue weighted by Crippen LogP contribution is -2.41. The summed E-state index contributed by atoms with van der Waals surface area (Å²) in [5.74, 6) is 1.94. The number of nitrogens with zero attached hydrogens (tertiary/aromatic N) is 1. The maximum absolute atomic E-state index is 14.2. The first-order valence-electron chi connectivity index (χ1n) is 9.60. The minimum Gasteiger partial charge on any atom is -0.493 e. The highest BCUT2D eigenvalue weighted by Gasteiger charge is 2.45. The summed E-state index contributed by atoms with van der Waals surface area (Å²) in [7, 11) is 3.24. The van der Waals surface area contributed by atoms with Crippen molar-refractivity contribution in [2.45, 2.75) is 31.7 Å². The molecule has 0 atom stereocenters. The Bertz CT molecular complexity index is 841. The Morgan fingerprint density at radius 2 is 1.83 bits per heavy atom. The van der Waals surface area contributed by atoms with E-state index in [0.29, 0.717) is 30.5 Å². The normalized spacial score (nSPS) is 14.6. The SMILES string of the molecule is CCNC(=NCc1cccc(OC)c1OC)NCC1(c2ccccc2F)CC1.I. The van der Waals surface area contributed by atoms with E-state index in [-0.39, 0.29) is 35.2 Å². The van der Waals surface area contributed by atoms with Crippen molar-refractivity contribution < 1.29 is 13.9 Å². The smallest absolute Gasteiger partial charge is 0.191 e. The second-order valence-corrected chi connectivity index (χ2v) is 6.96. The lowest BCUT2D eigenvalue weighted by Gasteiger charge is -2.19. The van der Waals surface area contributed by atoms with Crippen molar-refractivity contribution in [1.29, 1.82) is 0 Å². The molecule has 0 aliphatic heterocycles. The number of rotatable bonds is 8. The molecule has 0 radical (unpaired) electrons. The average Bonchev–Trinajstić information content (AvgIpc) is 3.50. The van der Waals surface area contributed by atoms with Gasteiger partial charge in [-0.05, 0) is 37.5 Å². The maximum Gasteiger partial charge on any atom is 0.191 e. The molecule has 0 amide bonds. The number of halogens is 2. The van der Waals surface area contributed by atoms with Crippen molar-refractivity contribution in [1.82, 2.24) is 10.6 Å². The summed E-state index contributed by atoms with van der Waals surface area (Å²) in [4.78, 5) is 4.68. The molecule has 5 nitrogen and oxygen atoms in total. The van der Waals surface area contributed by atoms with Crippen molar-refractivity contribution >= 4 is 29.9 Å². The minimum atomic E-state index is -0.144. The van der Waals surface area contributed by atoms with Crippen LogP contribution in [0.15, 0.2) is 47.5 Å². The van der Waals surface area contributed by atoms with E-state index in [2.05, 4.69) is 15.6 Å². The van der Waals surface area contributed by atoms with Crippen LogP contribution in [0.5, 0.6) is 11.5 Å². The van der Waals surface area contributed by atoms with Gasteiger partial charge in [-0.2, -0.15) is 0 Å². The molecule has 1 aliphatic carbocycles. The van der Waals surface area contributed by atoms with Crippen molar-refractivity contribution in [2.75, 3.05) is 27.3 Å². The summed E-state index contributed by atoms with van der Waals surface area (Å²) in [5, 5.41) is 6.64. The van der Waals surface area contributed by atoms with Crippen LogP contribution < -0.4 is 20.1 Å². The summed E-state index contributed by atoms with van der Waals surface area (Å²) >= 11 is 0. The Morgan fingerprint density at radius 3 is 2.45 bits per heavy atom. The minimum absolute atomic E-state index is 0. The third-order valence-corrected chi connectivity index (χ3v) is 5.13. The summed E-state index contributed by atoms with van der Waals surface area (Å²) in [6, 6.07) is 12.8. The standard InChI is InChI=1S/C22H28FN3O2.HI/c1-4-24-21(25-14-16-8-7-11-19(27-2)20(16)28-3)26-15-22(12-13-22)17-9-5-6-10-18(17)23;/h5-11H,4,12-15H2,1-3H3,(H2,24,25,26);1H. The molecule has 1 aliphatic rings. The van der Waals surface area contributed by atoms with Crippen molar-refractivity contribution in [3.8, 4) is 11.5 Å². The van der Waals surface area contributed by atoms with Crippen LogP contribution in [0.4, 0.5) is 4.39 Å². The summed E-state index contributed by atoms with van der Waals surface area (Å²) in [5.41, 5.74) is 1.58. The van der Waals surface area contributed by atoms with Gasteiger partial charge in [0.05, 0.1) is 20.8 Å². The first-order valence-corrected chi connectivity index (χ1v) is 9.60. The Morgan fingerprint density at radius 1 is 1.07 bits per heavy atom. The zero-order chi connectivity index (χ0) is 20.0. The van der Waals surface area contributed by atoms with E-state index in [1.54, 1.807) is 20.3 Å². The third kappa shape index (κ3) is 5.52. The predicted molar refractivity (Wildman–Crippen MR) is 125 cm³/mol. The number of hydrogen-bond donors (Lipinski definition) is 2. The van der Waals surface area contributed by atoms with Crippen LogP contribution in [-0.4, -0.2) is 33.3 Å².